The van der Waals surface area contributed by atoms with Gasteiger partial charge in [0, 0.05) is 4.88 Å². The van der Waals surface area contributed by atoms with E-state index in [-0.39, 0.29) is 18.6 Å². The summed E-state index contributed by atoms with van der Waals surface area (Å²) in [5, 5.41) is 5.16. The van der Waals surface area contributed by atoms with Crippen LogP contribution in [-0.2, 0) is 11.2 Å². The Morgan fingerprint density at radius 1 is 1.11 bits per heavy atom. The molecule has 0 bridgehead atoms. The molecule has 1 aliphatic heterocycles. The van der Waals surface area contributed by atoms with E-state index in [0.29, 0.717) is 11.5 Å². The highest BCUT2D eigenvalue weighted by Crippen LogP contribution is 2.32. The van der Waals surface area contributed by atoms with Crippen molar-refractivity contribution >= 4 is 17.2 Å². The van der Waals surface area contributed by atoms with Crippen LogP contribution in [0.1, 0.15) is 29.0 Å². The number of rotatable bonds is 5. The molecule has 0 fully saturated rings. The van der Waals surface area contributed by atoms with E-state index in [0.717, 1.165) is 16.9 Å². The van der Waals surface area contributed by atoms with Crippen LogP contribution in [0.15, 0.2) is 66.0 Å². The number of fused-ring (bicyclic) bond motifs is 1. The van der Waals surface area contributed by atoms with Crippen LogP contribution < -0.4 is 14.8 Å². The van der Waals surface area contributed by atoms with E-state index < -0.39 is 6.10 Å². The van der Waals surface area contributed by atoms with Crippen molar-refractivity contribution in [3.05, 3.63) is 82.0 Å². The van der Waals surface area contributed by atoms with E-state index in [1.807, 2.05) is 41.8 Å². The predicted octanol–water partition coefficient (Wildman–Crippen LogP) is 4.36. The summed E-state index contributed by atoms with van der Waals surface area (Å²) in [5.41, 5.74) is 2.33. The molecule has 1 amide bonds. The van der Waals surface area contributed by atoms with E-state index in [4.69, 9.17) is 9.47 Å². The smallest absolute Gasteiger partial charge is 0.265 e. The fourth-order valence-electron chi connectivity index (χ4n) is 3.10. The molecule has 1 aromatic heterocycles. The SMILES string of the molecule is CCc1ccc([C@H](NC(=O)[C@H]2COc3ccccc3O2)c2cccs2)cc1. The van der Waals surface area contributed by atoms with Gasteiger partial charge in [-0.05, 0) is 41.1 Å². The van der Waals surface area contributed by atoms with Crippen LogP contribution in [0.5, 0.6) is 11.5 Å². The number of carbonyl (C=O) groups excluding carboxylic acids is 1. The molecule has 1 N–H and O–H groups in total. The second-order valence-electron chi connectivity index (χ2n) is 6.42. The number of carbonyl (C=O) groups is 1. The zero-order valence-corrected chi connectivity index (χ0v) is 15.9. The van der Waals surface area contributed by atoms with Crippen molar-refractivity contribution in [2.45, 2.75) is 25.5 Å². The lowest BCUT2D eigenvalue weighted by molar-refractivity contribution is -0.130. The number of benzene rings is 2. The Kier molecular flexibility index (Phi) is 5.12. The number of aryl methyl sites for hydroxylation is 1. The van der Waals surface area contributed by atoms with Crippen LogP contribution in [0, 0.1) is 0 Å². The standard InChI is InChI=1S/C22H21NO3S/c1-2-15-9-11-16(12-10-15)21(20-8-5-13-27-20)23-22(24)19-14-25-17-6-3-4-7-18(17)26-19/h3-13,19,21H,2,14H2,1H3,(H,23,24)/t19-,21+/m1/s1. The third kappa shape index (κ3) is 3.83. The number of ether oxygens (including phenoxy) is 2. The molecule has 3 aromatic rings. The normalized spacial score (nSPS) is 16.6. The monoisotopic (exact) mass is 379 g/mol. The van der Waals surface area contributed by atoms with Gasteiger partial charge in [-0.1, -0.05) is 49.4 Å². The molecule has 5 heteroatoms. The van der Waals surface area contributed by atoms with Crippen molar-refractivity contribution in [3.8, 4) is 11.5 Å². The fourth-order valence-corrected chi connectivity index (χ4v) is 3.91. The molecule has 0 saturated carbocycles. The van der Waals surface area contributed by atoms with Crippen molar-refractivity contribution in [1.29, 1.82) is 0 Å². The van der Waals surface area contributed by atoms with E-state index in [1.54, 1.807) is 11.3 Å². The molecule has 0 unspecified atom stereocenters. The maximum atomic E-state index is 12.9. The third-order valence-corrected chi connectivity index (χ3v) is 5.57. The number of nitrogens with one attached hydrogen (secondary N) is 1. The Morgan fingerprint density at radius 3 is 2.59 bits per heavy atom. The molecule has 27 heavy (non-hydrogen) atoms. The van der Waals surface area contributed by atoms with Gasteiger partial charge in [-0.2, -0.15) is 0 Å². The minimum atomic E-state index is -0.669. The van der Waals surface area contributed by atoms with Crippen LogP contribution >= 0.6 is 11.3 Å². The minimum absolute atomic E-state index is 0.178. The van der Waals surface area contributed by atoms with Crippen molar-refractivity contribution in [3.63, 3.8) is 0 Å². The van der Waals surface area contributed by atoms with Crippen LogP contribution in [0.2, 0.25) is 0 Å². The molecule has 2 atom stereocenters. The summed E-state index contributed by atoms with van der Waals surface area (Å²) in [4.78, 5) is 14.0. The zero-order valence-electron chi connectivity index (χ0n) is 15.1. The molecular formula is C22H21NO3S. The molecule has 0 aliphatic carbocycles. The maximum Gasteiger partial charge on any atom is 0.265 e. The van der Waals surface area contributed by atoms with Crippen LogP contribution in [0.3, 0.4) is 0 Å². The summed E-state index contributed by atoms with van der Waals surface area (Å²) < 4.78 is 11.5. The summed E-state index contributed by atoms with van der Waals surface area (Å²) in [7, 11) is 0. The number of hydrogen-bond acceptors (Lipinski definition) is 4. The molecule has 4 rings (SSSR count). The molecule has 2 heterocycles. The second-order valence-corrected chi connectivity index (χ2v) is 7.40. The number of thiophene rings is 1. The van der Waals surface area contributed by atoms with E-state index in [2.05, 4.69) is 36.5 Å². The van der Waals surface area contributed by atoms with E-state index >= 15 is 0 Å². The molecule has 2 aromatic carbocycles. The van der Waals surface area contributed by atoms with Gasteiger partial charge < -0.3 is 14.8 Å². The van der Waals surface area contributed by atoms with Crippen molar-refractivity contribution < 1.29 is 14.3 Å². The van der Waals surface area contributed by atoms with Gasteiger partial charge in [0.15, 0.2) is 11.5 Å². The minimum Gasteiger partial charge on any atom is -0.485 e. The van der Waals surface area contributed by atoms with Crippen LogP contribution in [-0.4, -0.2) is 18.6 Å². The topological polar surface area (TPSA) is 47.6 Å². The lowest BCUT2D eigenvalue weighted by atomic mass is 10.0. The summed E-state index contributed by atoms with van der Waals surface area (Å²) in [6, 6.07) is 19.6. The fraction of sp³-hybridized carbons (Fsp3) is 0.227. The number of para-hydroxylation sites is 2. The van der Waals surface area contributed by atoms with Gasteiger partial charge in [-0.15, -0.1) is 11.3 Å². The summed E-state index contributed by atoms with van der Waals surface area (Å²) in [6.45, 7) is 2.33. The highest BCUT2D eigenvalue weighted by Gasteiger charge is 2.29. The summed E-state index contributed by atoms with van der Waals surface area (Å²) >= 11 is 1.63. The highest BCUT2D eigenvalue weighted by atomic mass is 32.1. The van der Waals surface area contributed by atoms with Crippen molar-refractivity contribution in [1.82, 2.24) is 5.32 Å². The molecule has 138 valence electrons. The first-order valence-corrected chi connectivity index (χ1v) is 9.93. The van der Waals surface area contributed by atoms with Gasteiger partial charge in [-0.25, -0.2) is 0 Å². The average Bonchev–Trinajstić information content (AvgIpc) is 3.26. The Hall–Kier alpha value is -2.79. The molecule has 4 nitrogen and oxygen atoms in total. The molecule has 0 spiro atoms. The molecule has 0 saturated heterocycles. The molecule has 0 radical (unpaired) electrons. The maximum absolute atomic E-state index is 12.9. The van der Waals surface area contributed by atoms with Crippen LogP contribution in [0.25, 0.3) is 0 Å². The zero-order chi connectivity index (χ0) is 18.6. The Balaban J connectivity index is 1.54. The Morgan fingerprint density at radius 2 is 1.89 bits per heavy atom. The summed E-state index contributed by atoms with van der Waals surface area (Å²) in [5.74, 6) is 1.10. The number of amides is 1. The average molecular weight is 379 g/mol. The van der Waals surface area contributed by atoms with Crippen molar-refractivity contribution in [2.24, 2.45) is 0 Å². The Labute approximate surface area is 162 Å². The van der Waals surface area contributed by atoms with Crippen molar-refractivity contribution in [2.75, 3.05) is 6.61 Å². The van der Waals surface area contributed by atoms with Gasteiger partial charge in [0.2, 0.25) is 6.10 Å². The first-order valence-electron chi connectivity index (χ1n) is 9.05. The predicted molar refractivity (Wildman–Crippen MR) is 106 cm³/mol. The van der Waals surface area contributed by atoms with E-state index in [1.165, 1.54) is 5.56 Å². The lowest BCUT2D eigenvalue weighted by Crippen LogP contribution is -2.45. The second kappa shape index (κ2) is 7.84. The highest BCUT2D eigenvalue weighted by molar-refractivity contribution is 7.10. The molecular weight excluding hydrogens is 358 g/mol. The lowest BCUT2D eigenvalue weighted by Gasteiger charge is -2.27. The Bertz CT molecular complexity index is 906. The first kappa shape index (κ1) is 17.6. The van der Waals surface area contributed by atoms with Crippen LogP contribution in [0.4, 0.5) is 0 Å². The third-order valence-electron chi connectivity index (χ3n) is 4.64. The van der Waals surface area contributed by atoms with Gasteiger partial charge >= 0.3 is 0 Å². The largest absolute Gasteiger partial charge is 0.485 e. The first-order chi connectivity index (χ1) is 13.2. The van der Waals surface area contributed by atoms with Gasteiger partial charge in [0.25, 0.3) is 5.91 Å². The number of hydrogen-bond donors (Lipinski definition) is 1. The van der Waals surface area contributed by atoms with Gasteiger partial charge in [0.05, 0.1) is 6.04 Å². The van der Waals surface area contributed by atoms with Gasteiger partial charge in [0.1, 0.15) is 6.61 Å². The quantitative estimate of drug-likeness (QED) is 0.717. The van der Waals surface area contributed by atoms with E-state index in [9.17, 15) is 4.79 Å². The molecule has 1 aliphatic rings. The summed E-state index contributed by atoms with van der Waals surface area (Å²) in [6.07, 6.45) is 0.320. The van der Waals surface area contributed by atoms with Gasteiger partial charge in [-0.3, -0.25) is 4.79 Å².